The Labute approximate surface area is 202 Å². The van der Waals surface area contributed by atoms with Gasteiger partial charge in [-0.15, -0.1) is 0 Å². The minimum atomic E-state index is -0.872. The van der Waals surface area contributed by atoms with Crippen LogP contribution in [0.4, 0.5) is 5.69 Å². The van der Waals surface area contributed by atoms with E-state index < -0.39 is 11.5 Å². The summed E-state index contributed by atoms with van der Waals surface area (Å²) in [5.41, 5.74) is 2.12. The van der Waals surface area contributed by atoms with Crippen molar-refractivity contribution in [1.82, 2.24) is 14.9 Å². The van der Waals surface area contributed by atoms with Gasteiger partial charge >= 0.3 is 0 Å². The predicted octanol–water partition coefficient (Wildman–Crippen LogP) is 3.23. The molecule has 9 nitrogen and oxygen atoms in total. The van der Waals surface area contributed by atoms with Crippen molar-refractivity contribution in [2.24, 2.45) is 0 Å². The Hall–Kier alpha value is -4.27. The van der Waals surface area contributed by atoms with Crippen molar-refractivity contribution in [2.45, 2.75) is 31.2 Å². The lowest BCUT2D eigenvalue weighted by Gasteiger charge is -2.34. The summed E-state index contributed by atoms with van der Waals surface area (Å²) in [6.07, 6.45) is 4.37. The number of carbonyl (C=O) groups excluding carboxylic acids is 2. The summed E-state index contributed by atoms with van der Waals surface area (Å²) in [6.45, 7) is 2.16. The van der Waals surface area contributed by atoms with E-state index in [9.17, 15) is 9.59 Å². The average molecular weight is 475 g/mol. The molecule has 35 heavy (non-hydrogen) atoms. The number of fused-ring (bicyclic) bond motifs is 2. The standard InChI is InChI=1S/C25H24N4O3.CH2O2/c1-3-21-26-14-17(15-27-21)23(30)29-12-11-25(19-9-4-5-10-20(19)28-24(25)31)22(29)16-7-6-8-18(13-16)32-2;2-1-3/h4-10,13-15,22H,3,11-12H2,1-2H3,(H,28,31);1H,(H,2,3)/t22-,25+;/m0./s1. The Morgan fingerprint density at radius 2 is 1.94 bits per heavy atom. The summed E-state index contributed by atoms with van der Waals surface area (Å²) in [5.74, 6) is 1.10. The molecule has 2 aliphatic heterocycles. The molecule has 0 aliphatic carbocycles. The molecule has 5 rings (SSSR count). The van der Waals surface area contributed by atoms with Crippen LogP contribution >= 0.6 is 0 Å². The monoisotopic (exact) mass is 474 g/mol. The van der Waals surface area contributed by atoms with Gasteiger partial charge in [-0.25, -0.2) is 9.97 Å². The summed E-state index contributed by atoms with van der Waals surface area (Å²) >= 11 is 0. The van der Waals surface area contributed by atoms with Gasteiger partial charge in [0.25, 0.3) is 12.4 Å². The van der Waals surface area contributed by atoms with Gasteiger partial charge in [-0.2, -0.15) is 0 Å². The summed E-state index contributed by atoms with van der Waals surface area (Å²) in [5, 5.41) is 9.93. The van der Waals surface area contributed by atoms with E-state index in [0.717, 1.165) is 16.8 Å². The Bertz CT molecular complexity index is 1250. The lowest BCUT2D eigenvalue weighted by atomic mass is 9.72. The highest BCUT2D eigenvalue weighted by atomic mass is 16.5. The minimum Gasteiger partial charge on any atom is -0.497 e. The Balaban J connectivity index is 0.000000917. The number of nitrogens with one attached hydrogen (secondary N) is 1. The SMILES string of the molecule is CCc1ncc(C(=O)N2CC[C@]3(C(=O)Nc4ccccc43)[C@@H]2c2cccc(OC)c2)cn1.O=CO. The van der Waals surface area contributed by atoms with Crippen LogP contribution in [0.15, 0.2) is 60.9 Å². The molecular weight excluding hydrogens is 448 g/mol. The molecule has 2 aromatic carbocycles. The molecule has 1 spiro atoms. The van der Waals surface area contributed by atoms with Gasteiger partial charge in [0.2, 0.25) is 5.91 Å². The van der Waals surface area contributed by atoms with E-state index in [2.05, 4.69) is 15.3 Å². The quantitative estimate of drug-likeness (QED) is 0.557. The van der Waals surface area contributed by atoms with E-state index in [1.165, 1.54) is 0 Å². The van der Waals surface area contributed by atoms with Gasteiger partial charge in [0.05, 0.1) is 18.7 Å². The summed E-state index contributed by atoms with van der Waals surface area (Å²) in [4.78, 5) is 45.8. The number of ether oxygens (including phenoxy) is 1. The Kier molecular flexibility index (Phi) is 6.77. The molecule has 3 aromatic rings. The molecular formula is C26H26N4O5. The molecule has 3 heterocycles. The predicted molar refractivity (Wildman–Crippen MR) is 128 cm³/mol. The summed E-state index contributed by atoms with van der Waals surface area (Å²) in [6, 6.07) is 14.8. The number of anilines is 1. The lowest BCUT2D eigenvalue weighted by molar-refractivity contribution is -0.123. The number of likely N-dealkylation sites (tertiary alicyclic amines) is 1. The molecule has 1 aromatic heterocycles. The molecule has 0 radical (unpaired) electrons. The highest BCUT2D eigenvalue weighted by molar-refractivity contribution is 6.08. The number of benzene rings is 2. The molecule has 9 heteroatoms. The fraction of sp³-hybridized carbons (Fsp3) is 0.269. The van der Waals surface area contributed by atoms with E-state index in [-0.39, 0.29) is 18.3 Å². The van der Waals surface area contributed by atoms with E-state index in [1.54, 1.807) is 24.4 Å². The van der Waals surface area contributed by atoms with Crippen LogP contribution in [0.3, 0.4) is 0 Å². The number of hydrogen-bond donors (Lipinski definition) is 2. The third-order valence-corrected chi connectivity index (χ3v) is 6.53. The second kappa shape index (κ2) is 9.92. The third-order valence-electron chi connectivity index (χ3n) is 6.53. The highest BCUT2D eigenvalue weighted by Gasteiger charge is 2.59. The van der Waals surface area contributed by atoms with Gasteiger partial charge < -0.3 is 20.1 Å². The van der Waals surface area contributed by atoms with Gasteiger partial charge in [0.15, 0.2) is 0 Å². The van der Waals surface area contributed by atoms with Gasteiger partial charge in [-0.3, -0.25) is 14.4 Å². The van der Waals surface area contributed by atoms with Crippen molar-refractivity contribution in [1.29, 1.82) is 0 Å². The van der Waals surface area contributed by atoms with E-state index in [4.69, 9.17) is 14.6 Å². The van der Waals surface area contributed by atoms with Gasteiger partial charge in [0, 0.05) is 31.0 Å². The second-order valence-corrected chi connectivity index (χ2v) is 8.25. The van der Waals surface area contributed by atoms with Gasteiger partial charge in [0.1, 0.15) is 17.0 Å². The molecule has 1 fully saturated rings. The zero-order valence-electron chi connectivity index (χ0n) is 19.5. The van der Waals surface area contributed by atoms with Crippen LogP contribution in [0.1, 0.15) is 46.7 Å². The molecule has 2 amide bonds. The van der Waals surface area contributed by atoms with Crippen LogP contribution in [-0.4, -0.2) is 51.9 Å². The smallest absolute Gasteiger partial charge is 0.290 e. The Morgan fingerprint density at radius 1 is 1.23 bits per heavy atom. The van der Waals surface area contributed by atoms with Crippen LogP contribution < -0.4 is 10.1 Å². The maximum absolute atomic E-state index is 13.6. The van der Waals surface area contributed by atoms with Crippen molar-refractivity contribution in [2.75, 3.05) is 19.0 Å². The molecule has 0 bridgehead atoms. The van der Waals surface area contributed by atoms with Crippen LogP contribution in [0.25, 0.3) is 0 Å². The van der Waals surface area contributed by atoms with Crippen molar-refractivity contribution in [3.8, 4) is 5.75 Å². The van der Waals surface area contributed by atoms with Crippen LogP contribution in [0.5, 0.6) is 5.75 Å². The van der Waals surface area contributed by atoms with E-state index in [0.29, 0.717) is 36.5 Å². The number of carboxylic acid groups (broad SMARTS) is 1. The minimum absolute atomic E-state index is 0.0839. The number of para-hydroxylation sites is 1. The first-order valence-electron chi connectivity index (χ1n) is 11.2. The number of hydrogen-bond acceptors (Lipinski definition) is 6. The number of aryl methyl sites for hydroxylation is 1. The van der Waals surface area contributed by atoms with E-state index >= 15 is 0 Å². The third kappa shape index (κ3) is 4.09. The number of carbonyl (C=O) groups is 3. The number of nitrogens with zero attached hydrogens (tertiary/aromatic N) is 3. The molecule has 180 valence electrons. The van der Waals surface area contributed by atoms with E-state index in [1.807, 2.05) is 55.5 Å². The number of amides is 2. The number of aromatic nitrogens is 2. The zero-order chi connectivity index (χ0) is 25.0. The molecule has 2 atom stereocenters. The average Bonchev–Trinajstić information content (AvgIpc) is 3.43. The topological polar surface area (TPSA) is 122 Å². The fourth-order valence-corrected chi connectivity index (χ4v) is 4.99. The first-order chi connectivity index (χ1) is 17.0. The largest absolute Gasteiger partial charge is 0.497 e. The van der Waals surface area contributed by atoms with Crippen molar-refractivity contribution in [3.05, 3.63) is 83.4 Å². The summed E-state index contributed by atoms with van der Waals surface area (Å²) < 4.78 is 5.44. The Morgan fingerprint density at radius 3 is 2.63 bits per heavy atom. The second-order valence-electron chi connectivity index (χ2n) is 8.25. The first kappa shape index (κ1) is 23.9. The summed E-state index contributed by atoms with van der Waals surface area (Å²) in [7, 11) is 1.61. The van der Waals surface area contributed by atoms with Gasteiger partial charge in [-0.05, 0) is 35.7 Å². The zero-order valence-corrected chi connectivity index (χ0v) is 19.5. The maximum atomic E-state index is 13.6. The molecule has 2 N–H and O–H groups in total. The first-order valence-corrected chi connectivity index (χ1v) is 11.2. The molecule has 2 aliphatic rings. The van der Waals surface area contributed by atoms with Crippen molar-refractivity contribution in [3.63, 3.8) is 0 Å². The normalized spacial score (nSPS) is 20.0. The van der Waals surface area contributed by atoms with Crippen molar-refractivity contribution < 1.29 is 24.2 Å². The fourth-order valence-electron chi connectivity index (χ4n) is 4.99. The lowest BCUT2D eigenvalue weighted by Crippen LogP contribution is -2.42. The van der Waals surface area contributed by atoms with Crippen LogP contribution in [-0.2, 0) is 21.4 Å². The van der Waals surface area contributed by atoms with Crippen LogP contribution in [0.2, 0.25) is 0 Å². The van der Waals surface area contributed by atoms with Gasteiger partial charge in [-0.1, -0.05) is 37.3 Å². The van der Waals surface area contributed by atoms with Crippen LogP contribution in [0, 0.1) is 0 Å². The number of rotatable bonds is 4. The number of methoxy groups -OCH3 is 1. The highest BCUT2D eigenvalue weighted by Crippen LogP contribution is 2.55. The van der Waals surface area contributed by atoms with Crippen molar-refractivity contribution >= 4 is 24.0 Å². The molecule has 0 unspecified atom stereocenters. The molecule has 0 saturated carbocycles. The maximum Gasteiger partial charge on any atom is 0.290 e. The molecule has 1 saturated heterocycles.